The van der Waals surface area contributed by atoms with Crippen LogP contribution in [-0.4, -0.2) is 52.4 Å². The molecule has 0 fully saturated rings. The van der Waals surface area contributed by atoms with Gasteiger partial charge in [0.05, 0.1) is 24.3 Å². The van der Waals surface area contributed by atoms with Crippen LogP contribution in [0.2, 0.25) is 0 Å². The second kappa shape index (κ2) is 5.83. The van der Waals surface area contributed by atoms with Crippen LogP contribution < -0.4 is 0 Å². The Hall–Kier alpha value is -2.21. The lowest BCUT2D eigenvalue weighted by Gasteiger charge is -2.24. The summed E-state index contributed by atoms with van der Waals surface area (Å²) in [7, 11) is 0. The molecule has 6 nitrogen and oxygen atoms in total. The number of benzene rings is 1. The van der Waals surface area contributed by atoms with Gasteiger partial charge in [0, 0.05) is 6.54 Å². The second-order valence-corrected chi connectivity index (χ2v) is 4.67. The van der Waals surface area contributed by atoms with Crippen LogP contribution in [0, 0.1) is 0 Å². The molecule has 20 heavy (non-hydrogen) atoms. The van der Waals surface area contributed by atoms with Gasteiger partial charge in [0.1, 0.15) is 0 Å². The Kier molecular flexibility index (Phi) is 4.14. The molecule has 6 heteroatoms. The molecule has 2 rings (SSSR count). The maximum Gasteiger partial charge on any atom is 0.317 e. The number of carboxylic acid groups (broad SMARTS) is 1. The molecule has 0 aliphatic carbocycles. The van der Waals surface area contributed by atoms with Crippen LogP contribution in [0.4, 0.5) is 0 Å². The molecule has 0 saturated heterocycles. The van der Waals surface area contributed by atoms with Gasteiger partial charge in [-0.1, -0.05) is 19.1 Å². The van der Waals surface area contributed by atoms with Gasteiger partial charge >= 0.3 is 5.97 Å². The van der Waals surface area contributed by atoms with Crippen molar-refractivity contribution in [1.82, 2.24) is 9.80 Å². The highest BCUT2D eigenvalue weighted by molar-refractivity contribution is 6.21. The fraction of sp³-hybridized carbons (Fsp3) is 0.357. The zero-order chi connectivity index (χ0) is 14.7. The number of fused-ring (bicyclic) bond motifs is 1. The van der Waals surface area contributed by atoms with Gasteiger partial charge in [-0.25, -0.2) is 0 Å². The number of hydrogen-bond donors (Lipinski definition) is 1. The first-order chi connectivity index (χ1) is 9.54. The number of rotatable bonds is 6. The van der Waals surface area contributed by atoms with Crippen molar-refractivity contribution in [2.24, 2.45) is 0 Å². The number of imide groups is 1. The van der Waals surface area contributed by atoms with Crippen LogP contribution in [0.25, 0.3) is 0 Å². The third kappa shape index (κ3) is 2.70. The van der Waals surface area contributed by atoms with Gasteiger partial charge in [-0.05, 0) is 18.6 Å². The summed E-state index contributed by atoms with van der Waals surface area (Å²) in [6, 6.07) is 6.62. The van der Waals surface area contributed by atoms with E-state index in [1.165, 1.54) is 0 Å². The average Bonchev–Trinajstić information content (AvgIpc) is 2.64. The summed E-state index contributed by atoms with van der Waals surface area (Å²) in [4.78, 5) is 37.8. The molecule has 0 radical (unpaired) electrons. The fourth-order valence-electron chi connectivity index (χ4n) is 2.27. The molecule has 2 amide bonds. The van der Waals surface area contributed by atoms with E-state index in [0.717, 1.165) is 11.3 Å². The molecule has 1 aromatic carbocycles. The first-order valence-corrected chi connectivity index (χ1v) is 6.44. The number of amides is 2. The van der Waals surface area contributed by atoms with Gasteiger partial charge in [0.2, 0.25) is 0 Å². The third-order valence-electron chi connectivity index (χ3n) is 3.12. The van der Waals surface area contributed by atoms with E-state index in [-0.39, 0.29) is 25.0 Å². The van der Waals surface area contributed by atoms with E-state index in [1.54, 1.807) is 29.2 Å². The maximum absolute atomic E-state index is 12.2. The van der Waals surface area contributed by atoms with Crippen molar-refractivity contribution in [2.75, 3.05) is 19.8 Å². The van der Waals surface area contributed by atoms with Crippen LogP contribution in [-0.2, 0) is 4.79 Å². The lowest BCUT2D eigenvalue weighted by molar-refractivity contribution is -0.138. The topological polar surface area (TPSA) is 77.9 Å². The number of nitrogens with zero attached hydrogens (tertiary/aromatic N) is 2. The third-order valence-corrected chi connectivity index (χ3v) is 3.12. The van der Waals surface area contributed by atoms with Gasteiger partial charge in [-0.15, -0.1) is 0 Å². The Morgan fingerprint density at radius 3 is 2.20 bits per heavy atom. The van der Waals surface area contributed by atoms with Crippen molar-refractivity contribution in [1.29, 1.82) is 0 Å². The normalized spacial score (nSPS) is 14.0. The molecule has 0 saturated carbocycles. The lowest BCUT2D eigenvalue weighted by Crippen LogP contribution is -2.43. The van der Waals surface area contributed by atoms with Crippen LogP contribution in [0.1, 0.15) is 34.1 Å². The maximum atomic E-state index is 12.2. The molecule has 1 N–H and O–H groups in total. The number of hydrogen-bond acceptors (Lipinski definition) is 4. The van der Waals surface area contributed by atoms with E-state index in [4.69, 9.17) is 5.11 Å². The summed E-state index contributed by atoms with van der Waals surface area (Å²) in [5.74, 6) is -1.70. The van der Waals surface area contributed by atoms with E-state index in [9.17, 15) is 14.4 Å². The predicted octanol–water partition coefficient (Wildman–Crippen LogP) is 1.04. The highest BCUT2D eigenvalue weighted by atomic mass is 16.4. The first-order valence-electron chi connectivity index (χ1n) is 6.44. The smallest absolute Gasteiger partial charge is 0.317 e. The van der Waals surface area contributed by atoms with E-state index < -0.39 is 5.97 Å². The van der Waals surface area contributed by atoms with Crippen LogP contribution in [0.15, 0.2) is 24.3 Å². The summed E-state index contributed by atoms with van der Waals surface area (Å²) in [6.45, 7) is 2.24. The molecule has 0 bridgehead atoms. The molecule has 1 aliphatic heterocycles. The monoisotopic (exact) mass is 276 g/mol. The second-order valence-electron chi connectivity index (χ2n) is 4.67. The van der Waals surface area contributed by atoms with Crippen molar-refractivity contribution in [3.8, 4) is 0 Å². The van der Waals surface area contributed by atoms with Gasteiger partial charge < -0.3 is 5.11 Å². The van der Waals surface area contributed by atoms with Gasteiger partial charge in [-0.2, -0.15) is 0 Å². The van der Waals surface area contributed by atoms with Crippen LogP contribution in [0.3, 0.4) is 0 Å². The summed E-state index contributed by atoms with van der Waals surface area (Å²) >= 11 is 0. The Bertz CT molecular complexity index is 521. The fourth-order valence-corrected chi connectivity index (χ4v) is 2.27. The number of carbonyl (C=O) groups is 3. The van der Waals surface area contributed by atoms with Crippen molar-refractivity contribution >= 4 is 17.8 Å². The summed E-state index contributed by atoms with van der Waals surface area (Å²) in [5.41, 5.74) is 0.758. The Balaban J connectivity index is 2.16. The largest absolute Gasteiger partial charge is 0.480 e. The molecule has 0 unspecified atom stereocenters. The standard InChI is InChI=1S/C14H16N2O4/c1-2-7-15(8-12(17)18)9-16-13(19)10-5-3-4-6-11(10)14(16)20/h3-6H,2,7-9H2,1H3,(H,17,18). The molecular formula is C14H16N2O4. The molecule has 0 atom stereocenters. The summed E-state index contributed by atoms with van der Waals surface area (Å²) in [6.07, 6.45) is 0.746. The van der Waals surface area contributed by atoms with Crippen molar-refractivity contribution in [3.63, 3.8) is 0 Å². The molecule has 106 valence electrons. The minimum atomic E-state index is -0.977. The van der Waals surface area contributed by atoms with Gasteiger partial charge in [0.25, 0.3) is 11.8 Å². The van der Waals surface area contributed by atoms with Gasteiger partial charge in [0.15, 0.2) is 0 Å². The quantitative estimate of drug-likeness (QED) is 0.785. The molecule has 0 aromatic heterocycles. The highest BCUT2D eigenvalue weighted by Gasteiger charge is 2.36. The Labute approximate surface area is 116 Å². The van der Waals surface area contributed by atoms with E-state index in [2.05, 4.69) is 0 Å². The molecule has 0 spiro atoms. The SMILES string of the molecule is CCCN(CC(=O)O)CN1C(=O)c2ccccc2C1=O. The highest BCUT2D eigenvalue weighted by Crippen LogP contribution is 2.22. The summed E-state index contributed by atoms with van der Waals surface area (Å²) < 4.78 is 0. The van der Waals surface area contributed by atoms with Crippen molar-refractivity contribution < 1.29 is 19.5 Å². The zero-order valence-electron chi connectivity index (χ0n) is 11.2. The lowest BCUT2D eigenvalue weighted by atomic mass is 10.1. The molecule has 1 aliphatic rings. The molecule has 1 aromatic rings. The zero-order valence-corrected chi connectivity index (χ0v) is 11.2. The summed E-state index contributed by atoms with van der Waals surface area (Å²) in [5, 5.41) is 8.86. The van der Waals surface area contributed by atoms with Crippen molar-refractivity contribution in [2.45, 2.75) is 13.3 Å². The minimum absolute atomic E-state index is 0.00644. The number of aliphatic carboxylic acids is 1. The van der Waals surface area contributed by atoms with E-state index >= 15 is 0 Å². The first kappa shape index (κ1) is 14.2. The number of carbonyl (C=O) groups excluding carboxylic acids is 2. The van der Waals surface area contributed by atoms with Crippen LogP contribution >= 0.6 is 0 Å². The Morgan fingerprint density at radius 1 is 1.20 bits per heavy atom. The molecule has 1 heterocycles. The predicted molar refractivity (Wildman–Crippen MR) is 71.3 cm³/mol. The molecular weight excluding hydrogens is 260 g/mol. The minimum Gasteiger partial charge on any atom is -0.480 e. The van der Waals surface area contributed by atoms with Crippen LogP contribution in [0.5, 0.6) is 0 Å². The van der Waals surface area contributed by atoms with E-state index in [1.807, 2.05) is 6.92 Å². The van der Waals surface area contributed by atoms with Gasteiger partial charge in [-0.3, -0.25) is 24.2 Å². The number of carboxylic acids is 1. The average molecular weight is 276 g/mol. The van der Waals surface area contributed by atoms with E-state index in [0.29, 0.717) is 17.7 Å². The van der Waals surface area contributed by atoms with Crippen molar-refractivity contribution in [3.05, 3.63) is 35.4 Å². The Morgan fingerprint density at radius 2 is 1.75 bits per heavy atom.